The van der Waals surface area contributed by atoms with Crippen molar-refractivity contribution in [3.63, 3.8) is 0 Å². The first-order chi connectivity index (χ1) is 16.6. The molecule has 0 aliphatic heterocycles. The lowest BCUT2D eigenvalue weighted by Gasteiger charge is -2.44. The quantitative estimate of drug-likeness (QED) is 0.448. The van der Waals surface area contributed by atoms with E-state index in [4.69, 9.17) is 0 Å². The smallest absolute Gasteiger partial charge is 0.416 e. The standard InChI is InChI=1S/C26H28F3N3O3/c1-3-17(25(34)35)11-19-12-22(15(19)2)31-24(33)21-6-4-5-18-13-30-32(23(18)21)14-16-7-9-20(10-8-16)26(27,28)29/h4-10,13,15,17,19,22H,3,11-12,14H2,1-2H3,(H,31,33)(H,34,35)/t15-,17+,19?,22?/m0/s1. The van der Waals surface area contributed by atoms with Crippen LogP contribution in [0, 0.1) is 17.8 Å². The molecule has 0 bridgehead atoms. The predicted octanol–water partition coefficient (Wildman–Crippen LogP) is 5.36. The molecule has 2 aromatic carbocycles. The van der Waals surface area contributed by atoms with Gasteiger partial charge in [0.15, 0.2) is 0 Å². The van der Waals surface area contributed by atoms with Crippen LogP contribution in [-0.2, 0) is 17.5 Å². The third-order valence-electron chi connectivity index (χ3n) is 7.20. The Morgan fingerprint density at radius 3 is 2.51 bits per heavy atom. The second-order valence-corrected chi connectivity index (χ2v) is 9.35. The number of hydrogen-bond acceptors (Lipinski definition) is 3. The molecule has 3 aromatic rings. The number of hydrogen-bond donors (Lipinski definition) is 2. The normalized spacial score (nSPS) is 20.9. The van der Waals surface area contributed by atoms with Crippen molar-refractivity contribution in [2.45, 2.75) is 51.9 Å². The zero-order valence-corrected chi connectivity index (χ0v) is 19.5. The van der Waals surface area contributed by atoms with Crippen molar-refractivity contribution in [3.05, 3.63) is 65.4 Å². The highest BCUT2D eigenvalue weighted by Gasteiger charge is 2.40. The number of amides is 1. The van der Waals surface area contributed by atoms with Crippen molar-refractivity contribution >= 4 is 22.8 Å². The molecule has 35 heavy (non-hydrogen) atoms. The van der Waals surface area contributed by atoms with E-state index in [9.17, 15) is 27.9 Å². The maximum atomic E-state index is 13.2. The molecule has 0 radical (unpaired) electrons. The van der Waals surface area contributed by atoms with E-state index in [0.717, 1.165) is 23.9 Å². The molecule has 1 amide bonds. The molecule has 2 N–H and O–H groups in total. The largest absolute Gasteiger partial charge is 0.481 e. The van der Waals surface area contributed by atoms with E-state index in [0.29, 0.717) is 29.5 Å². The summed E-state index contributed by atoms with van der Waals surface area (Å²) in [6, 6.07) is 10.2. The zero-order chi connectivity index (χ0) is 25.3. The molecule has 1 aliphatic rings. The van der Waals surface area contributed by atoms with Gasteiger partial charge in [0.25, 0.3) is 5.91 Å². The van der Waals surface area contributed by atoms with Gasteiger partial charge in [-0.15, -0.1) is 0 Å². The molecule has 4 rings (SSSR count). The third-order valence-corrected chi connectivity index (χ3v) is 7.20. The zero-order valence-electron chi connectivity index (χ0n) is 19.5. The minimum Gasteiger partial charge on any atom is -0.481 e. The second kappa shape index (κ2) is 9.71. The molecule has 0 spiro atoms. The van der Waals surface area contributed by atoms with Crippen molar-refractivity contribution in [2.75, 3.05) is 0 Å². The van der Waals surface area contributed by atoms with Crippen LogP contribution in [0.2, 0.25) is 0 Å². The number of carbonyl (C=O) groups is 2. The summed E-state index contributed by atoms with van der Waals surface area (Å²) in [6.45, 7) is 4.13. The Kier molecular flexibility index (Phi) is 6.87. The number of carboxylic acid groups (broad SMARTS) is 1. The molecule has 2 unspecified atom stereocenters. The number of halogens is 3. The number of nitrogens with zero attached hydrogens (tertiary/aromatic N) is 2. The Hall–Kier alpha value is -3.36. The number of aromatic nitrogens is 2. The summed E-state index contributed by atoms with van der Waals surface area (Å²) in [4.78, 5) is 24.5. The summed E-state index contributed by atoms with van der Waals surface area (Å²) in [5.74, 6) is -0.969. The molecule has 1 aromatic heterocycles. The fourth-order valence-electron chi connectivity index (χ4n) is 4.86. The number of carboxylic acids is 1. The van der Waals surface area contributed by atoms with E-state index in [1.165, 1.54) is 12.1 Å². The minimum absolute atomic E-state index is 0.0414. The number of benzene rings is 2. The van der Waals surface area contributed by atoms with Gasteiger partial charge in [-0.2, -0.15) is 18.3 Å². The van der Waals surface area contributed by atoms with Crippen LogP contribution in [0.25, 0.3) is 10.9 Å². The number of para-hydroxylation sites is 1. The van der Waals surface area contributed by atoms with Crippen LogP contribution in [0.1, 0.15) is 54.6 Å². The van der Waals surface area contributed by atoms with Crippen molar-refractivity contribution < 1.29 is 27.9 Å². The summed E-state index contributed by atoms with van der Waals surface area (Å²) < 4.78 is 40.2. The average Bonchev–Trinajstić information content (AvgIpc) is 3.23. The average molecular weight is 488 g/mol. The van der Waals surface area contributed by atoms with Gasteiger partial charge in [0.2, 0.25) is 0 Å². The van der Waals surface area contributed by atoms with Crippen molar-refractivity contribution in [1.82, 2.24) is 15.1 Å². The van der Waals surface area contributed by atoms with Crippen molar-refractivity contribution in [3.8, 4) is 0 Å². The maximum Gasteiger partial charge on any atom is 0.416 e. The van der Waals surface area contributed by atoms with Crippen LogP contribution in [0.15, 0.2) is 48.7 Å². The molecule has 1 aliphatic carbocycles. The van der Waals surface area contributed by atoms with Gasteiger partial charge in [0.05, 0.1) is 35.3 Å². The SMILES string of the molecule is CC[C@H](CC1CC(NC(=O)c2cccc3cnn(Cc4ccc(C(F)(F)F)cc4)c23)[C@H]1C)C(=O)O. The summed E-state index contributed by atoms with van der Waals surface area (Å²) in [7, 11) is 0. The maximum absolute atomic E-state index is 13.2. The van der Waals surface area contributed by atoms with Gasteiger partial charge in [-0.1, -0.05) is 38.1 Å². The van der Waals surface area contributed by atoms with E-state index >= 15 is 0 Å². The van der Waals surface area contributed by atoms with E-state index in [1.54, 1.807) is 23.0 Å². The van der Waals surface area contributed by atoms with Gasteiger partial charge >= 0.3 is 12.1 Å². The van der Waals surface area contributed by atoms with Crippen LogP contribution in [-0.4, -0.2) is 32.8 Å². The number of rotatable bonds is 8. The van der Waals surface area contributed by atoms with Crippen molar-refractivity contribution in [1.29, 1.82) is 0 Å². The summed E-state index contributed by atoms with van der Waals surface area (Å²) in [6.07, 6.45) is -0.841. The fraction of sp³-hybridized carbons (Fsp3) is 0.423. The number of fused-ring (bicyclic) bond motifs is 1. The Morgan fingerprint density at radius 1 is 1.20 bits per heavy atom. The van der Waals surface area contributed by atoms with Gasteiger partial charge in [-0.25, -0.2) is 0 Å². The molecular weight excluding hydrogens is 459 g/mol. The topological polar surface area (TPSA) is 84.2 Å². The van der Waals surface area contributed by atoms with Crippen molar-refractivity contribution in [2.24, 2.45) is 17.8 Å². The number of nitrogens with one attached hydrogen (secondary N) is 1. The molecule has 1 saturated carbocycles. The van der Waals surface area contributed by atoms with Gasteiger partial charge in [0.1, 0.15) is 0 Å². The highest BCUT2D eigenvalue weighted by Crippen LogP contribution is 2.39. The van der Waals surface area contributed by atoms with E-state index in [-0.39, 0.29) is 36.2 Å². The van der Waals surface area contributed by atoms with Crippen LogP contribution in [0.3, 0.4) is 0 Å². The van der Waals surface area contributed by atoms with Crippen LogP contribution in [0.5, 0.6) is 0 Å². The fourth-order valence-corrected chi connectivity index (χ4v) is 4.86. The summed E-state index contributed by atoms with van der Waals surface area (Å²) in [5.41, 5.74) is 0.982. The van der Waals surface area contributed by atoms with E-state index < -0.39 is 17.7 Å². The Labute approximate surface area is 201 Å². The Bertz CT molecular complexity index is 1220. The van der Waals surface area contributed by atoms with Crippen LogP contribution < -0.4 is 5.32 Å². The second-order valence-electron chi connectivity index (χ2n) is 9.35. The number of carbonyl (C=O) groups excluding carboxylic acids is 1. The molecule has 186 valence electrons. The van der Waals surface area contributed by atoms with Crippen LogP contribution >= 0.6 is 0 Å². The molecule has 1 fully saturated rings. The van der Waals surface area contributed by atoms with Gasteiger partial charge in [-0.3, -0.25) is 14.3 Å². The molecule has 0 saturated heterocycles. The predicted molar refractivity (Wildman–Crippen MR) is 125 cm³/mol. The number of aliphatic carboxylic acids is 1. The first-order valence-electron chi connectivity index (χ1n) is 11.7. The van der Waals surface area contributed by atoms with E-state index in [1.807, 2.05) is 19.9 Å². The molecule has 9 heteroatoms. The minimum atomic E-state index is -4.40. The van der Waals surface area contributed by atoms with E-state index in [2.05, 4.69) is 10.4 Å². The highest BCUT2D eigenvalue weighted by atomic mass is 19.4. The first kappa shape index (κ1) is 24.8. The highest BCUT2D eigenvalue weighted by molar-refractivity contribution is 6.05. The molecule has 4 atom stereocenters. The molecular formula is C26H28F3N3O3. The number of alkyl halides is 3. The van der Waals surface area contributed by atoms with Crippen LogP contribution in [0.4, 0.5) is 13.2 Å². The van der Waals surface area contributed by atoms with Gasteiger partial charge in [-0.05, 0) is 54.9 Å². The lowest BCUT2D eigenvalue weighted by molar-refractivity contribution is -0.143. The monoisotopic (exact) mass is 487 g/mol. The first-order valence-corrected chi connectivity index (χ1v) is 11.7. The molecule has 6 nitrogen and oxygen atoms in total. The van der Waals surface area contributed by atoms with Gasteiger partial charge < -0.3 is 10.4 Å². The van der Waals surface area contributed by atoms with Gasteiger partial charge in [0, 0.05) is 11.4 Å². The lowest BCUT2D eigenvalue weighted by Crippen LogP contribution is -2.51. The molecule has 1 heterocycles. The lowest BCUT2D eigenvalue weighted by atomic mass is 9.66. The Morgan fingerprint density at radius 2 is 1.91 bits per heavy atom. The Balaban J connectivity index is 1.48. The third kappa shape index (κ3) is 5.18. The summed E-state index contributed by atoms with van der Waals surface area (Å²) in [5, 5.41) is 17.5. The summed E-state index contributed by atoms with van der Waals surface area (Å²) >= 11 is 0.